The van der Waals surface area contributed by atoms with Crippen LogP contribution in [0.25, 0.3) is 10.9 Å². The number of halogens is 1. The third-order valence-electron chi connectivity index (χ3n) is 4.10. The van der Waals surface area contributed by atoms with Gasteiger partial charge in [0.15, 0.2) is 0 Å². The van der Waals surface area contributed by atoms with Crippen LogP contribution in [0.5, 0.6) is 0 Å². The van der Waals surface area contributed by atoms with E-state index >= 15 is 0 Å². The molecule has 1 aromatic carbocycles. The molecule has 0 radical (unpaired) electrons. The summed E-state index contributed by atoms with van der Waals surface area (Å²) in [4.78, 5) is 0. The van der Waals surface area contributed by atoms with Gasteiger partial charge in [-0.15, -0.1) is 11.6 Å². The van der Waals surface area contributed by atoms with Crippen LogP contribution in [-0.4, -0.2) is 4.57 Å². The Kier molecular flexibility index (Phi) is 3.34. The van der Waals surface area contributed by atoms with Gasteiger partial charge in [-0.05, 0) is 54.4 Å². The van der Waals surface area contributed by atoms with Crippen LogP contribution in [0.2, 0.25) is 0 Å². The summed E-state index contributed by atoms with van der Waals surface area (Å²) in [5.41, 5.74) is 5.65. The van der Waals surface area contributed by atoms with Gasteiger partial charge >= 0.3 is 0 Å². The van der Waals surface area contributed by atoms with Crippen molar-refractivity contribution < 1.29 is 0 Å². The number of nitrogens with zero attached hydrogens (tertiary/aromatic N) is 1. The molecule has 1 heterocycles. The highest BCUT2D eigenvalue weighted by atomic mass is 35.5. The lowest BCUT2D eigenvalue weighted by Gasteiger charge is -2.14. The number of benzene rings is 1. The molecule has 0 spiro atoms. The second-order valence-corrected chi connectivity index (χ2v) is 6.56. The predicted octanol–water partition coefficient (Wildman–Crippen LogP) is 5.22. The maximum Gasteiger partial charge on any atom is 0.0513 e. The van der Waals surface area contributed by atoms with Crippen LogP contribution >= 0.6 is 11.6 Å². The van der Waals surface area contributed by atoms with Crippen LogP contribution in [0, 0.1) is 12.8 Å². The first-order valence-corrected chi connectivity index (χ1v) is 7.82. The molecule has 2 aromatic rings. The normalized spacial score (nSPS) is 15.6. The van der Waals surface area contributed by atoms with Crippen LogP contribution in [0.15, 0.2) is 18.3 Å². The lowest BCUT2D eigenvalue weighted by atomic mass is 9.97. The zero-order chi connectivity index (χ0) is 13.6. The van der Waals surface area contributed by atoms with E-state index in [0.29, 0.717) is 11.8 Å². The summed E-state index contributed by atoms with van der Waals surface area (Å²) in [6.07, 6.45) is 4.90. The summed E-state index contributed by atoms with van der Waals surface area (Å²) in [6.45, 7) is 7.85. The van der Waals surface area contributed by atoms with E-state index in [1.54, 1.807) is 0 Å². The molecule has 1 aliphatic carbocycles. The molecule has 3 rings (SSSR count). The van der Waals surface area contributed by atoms with Crippen molar-refractivity contribution in [2.45, 2.75) is 52.0 Å². The number of rotatable bonds is 4. The highest BCUT2D eigenvalue weighted by Gasteiger charge is 2.27. The van der Waals surface area contributed by atoms with Crippen molar-refractivity contribution in [2.75, 3.05) is 0 Å². The first kappa shape index (κ1) is 13.1. The third-order valence-corrected chi connectivity index (χ3v) is 4.36. The van der Waals surface area contributed by atoms with Crippen molar-refractivity contribution in [1.82, 2.24) is 4.57 Å². The molecule has 1 aromatic heterocycles. The molecule has 19 heavy (non-hydrogen) atoms. The SMILES string of the molecule is Cc1cc(C2CC2)c(CCl)c2ccn(CC(C)C)c12. The molecule has 1 fully saturated rings. The Bertz CT molecular complexity index is 605. The first-order chi connectivity index (χ1) is 9.11. The topological polar surface area (TPSA) is 4.93 Å². The Morgan fingerprint density at radius 3 is 2.68 bits per heavy atom. The van der Waals surface area contributed by atoms with Gasteiger partial charge in [0.05, 0.1) is 5.52 Å². The van der Waals surface area contributed by atoms with E-state index in [-0.39, 0.29) is 0 Å². The van der Waals surface area contributed by atoms with E-state index in [0.717, 1.165) is 12.5 Å². The molecule has 0 bridgehead atoms. The summed E-state index contributed by atoms with van der Waals surface area (Å²) < 4.78 is 2.39. The van der Waals surface area contributed by atoms with Gasteiger partial charge in [0.2, 0.25) is 0 Å². The summed E-state index contributed by atoms with van der Waals surface area (Å²) in [6, 6.07) is 4.64. The monoisotopic (exact) mass is 275 g/mol. The Hall–Kier alpha value is -0.950. The average molecular weight is 276 g/mol. The lowest BCUT2D eigenvalue weighted by Crippen LogP contribution is -2.04. The van der Waals surface area contributed by atoms with Gasteiger partial charge in [-0.25, -0.2) is 0 Å². The zero-order valence-electron chi connectivity index (χ0n) is 12.0. The molecule has 102 valence electrons. The van der Waals surface area contributed by atoms with Crippen LogP contribution in [-0.2, 0) is 12.4 Å². The van der Waals surface area contributed by atoms with Crippen molar-refractivity contribution in [3.8, 4) is 0 Å². The van der Waals surface area contributed by atoms with E-state index in [1.807, 2.05) is 0 Å². The fraction of sp³-hybridized carbons (Fsp3) is 0.529. The molecule has 1 nitrogen and oxygen atoms in total. The molecule has 0 unspecified atom stereocenters. The lowest BCUT2D eigenvalue weighted by molar-refractivity contribution is 0.535. The van der Waals surface area contributed by atoms with Crippen molar-refractivity contribution >= 4 is 22.5 Å². The standard InChI is InChI=1S/C17H22ClN/c1-11(2)10-19-7-6-14-16(9-18)15(13-4-5-13)8-12(3)17(14)19/h6-8,11,13H,4-5,9-10H2,1-3H3. The first-order valence-electron chi connectivity index (χ1n) is 7.29. The maximum absolute atomic E-state index is 6.24. The van der Waals surface area contributed by atoms with Gasteiger partial charge in [-0.2, -0.15) is 0 Å². The van der Waals surface area contributed by atoms with Gasteiger partial charge in [-0.1, -0.05) is 19.9 Å². The van der Waals surface area contributed by atoms with Gasteiger partial charge in [0.25, 0.3) is 0 Å². The minimum atomic E-state index is 0.633. The highest BCUT2D eigenvalue weighted by Crippen LogP contribution is 2.44. The summed E-state index contributed by atoms with van der Waals surface area (Å²) in [5.74, 6) is 2.07. The van der Waals surface area contributed by atoms with Crippen LogP contribution in [0.3, 0.4) is 0 Å². The maximum atomic E-state index is 6.24. The van der Waals surface area contributed by atoms with Gasteiger partial charge < -0.3 is 4.57 Å². The van der Waals surface area contributed by atoms with Crippen molar-refractivity contribution in [3.05, 3.63) is 35.0 Å². The molecule has 0 N–H and O–H groups in total. The van der Waals surface area contributed by atoms with Gasteiger partial charge in [-0.3, -0.25) is 0 Å². The Morgan fingerprint density at radius 2 is 2.11 bits per heavy atom. The highest BCUT2D eigenvalue weighted by molar-refractivity contribution is 6.18. The Morgan fingerprint density at radius 1 is 1.37 bits per heavy atom. The summed E-state index contributed by atoms with van der Waals surface area (Å²) in [5, 5.41) is 1.37. The van der Waals surface area contributed by atoms with E-state index in [1.165, 1.54) is 40.4 Å². The number of alkyl halides is 1. The fourth-order valence-corrected chi connectivity index (χ4v) is 3.45. The van der Waals surface area contributed by atoms with E-state index in [2.05, 4.69) is 43.7 Å². The molecule has 0 atom stereocenters. The van der Waals surface area contributed by atoms with E-state index < -0.39 is 0 Å². The Balaban J connectivity index is 2.19. The second-order valence-electron chi connectivity index (χ2n) is 6.29. The number of hydrogen-bond donors (Lipinski definition) is 0. The number of fused-ring (bicyclic) bond motifs is 1. The van der Waals surface area contributed by atoms with E-state index in [9.17, 15) is 0 Å². The Labute approximate surface area is 120 Å². The fourth-order valence-electron chi connectivity index (χ4n) is 3.15. The van der Waals surface area contributed by atoms with Crippen molar-refractivity contribution in [2.24, 2.45) is 5.92 Å². The molecule has 0 aliphatic heterocycles. The minimum Gasteiger partial charge on any atom is -0.347 e. The molecule has 1 saturated carbocycles. The molecule has 0 amide bonds. The van der Waals surface area contributed by atoms with Gasteiger partial charge in [0, 0.05) is 24.0 Å². The molecule has 1 aliphatic rings. The van der Waals surface area contributed by atoms with Crippen LogP contribution in [0.4, 0.5) is 0 Å². The number of hydrogen-bond acceptors (Lipinski definition) is 0. The smallest absolute Gasteiger partial charge is 0.0513 e. The molecule has 0 saturated heterocycles. The molecular formula is C17H22ClN. The largest absolute Gasteiger partial charge is 0.347 e. The third kappa shape index (κ3) is 2.29. The quantitative estimate of drug-likeness (QED) is 0.674. The van der Waals surface area contributed by atoms with E-state index in [4.69, 9.17) is 11.6 Å². The second kappa shape index (κ2) is 4.86. The van der Waals surface area contributed by atoms with Crippen molar-refractivity contribution in [1.29, 1.82) is 0 Å². The molecule has 2 heteroatoms. The molecular weight excluding hydrogens is 254 g/mol. The average Bonchev–Trinajstić information content (AvgIpc) is 3.11. The minimum absolute atomic E-state index is 0.633. The van der Waals surface area contributed by atoms with Crippen LogP contribution < -0.4 is 0 Å². The van der Waals surface area contributed by atoms with Crippen molar-refractivity contribution in [3.63, 3.8) is 0 Å². The number of aromatic nitrogens is 1. The summed E-state index contributed by atoms with van der Waals surface area (Å²) in [7, 11) is 0. The van der Waals surface area contributed by atoms with Gasteiger partial charge in [0.1, 0.15) is 0 Å². The van der Waals surface area contributed by atoms with Crippen LogP contribution in [0.1, 0.15) is 49.3 Å². The summed E-state index contributed by atoms with van der Waals surface area (Å²) >= 11 is 6.24. The number of aryl methyl sites for hydroxylation is 1. The zero-order valence-corrected chi connectivity index (χ0v) is 12.8. The predicted molar refractivity (Wildman–Crippen MR) is 83.0 cm³/mol.